The van der Waals surface area contributed by atoms with Crippen molar-refractivity contribution in [3.8, 4) is 0 Å². The van der Waals surface area contributed by atoms with Gasteiger partial charge in [-0.1, -0.05) is 0 Å². The van der Waals surface area contributed by atoms with Gasteiger partial charge in [-0.05, 0) is 36.4 Å². The van der Waals surface area contributed by atoms with Crippen molar-refractivity contribution in [1.29, 1.82) is 0 Å². The van der Waals surface area contributed by atoms with Crippen molar-refractivity contribution < 1.29 is 38.2 Å². The lowest BCUT2D eigenvalue weighted by molar-refractivity contribution is -0.119. The van der Waals surface area contributed by atoms with E-state index in [1.165, 1.54) is 56.3 Å². The van der Waals surface area contributed by atoms with Crippen molar-refractivity contribution in [2.45, 2.75) is 4.90 Å². The normalized spacial score (nSPS) is 12.1. The molecule has 0 atom stereocenters. The molecule has 1 aliphatic rings. The summed E-state index contributed by atoms with van der Waals surface area (Å²) in [4.78, 5) is 60.5. The number of hydrogen-bond acceptors (Lipinski definition) is 9. The SMILES string of the molecule is COC(=O)c1cc(NC(=O)COC(=O)c2ccc3c(c2)NC(=O)CS3)cc(C(=O)OC)c1. The van der Waals surface area contributed by atoms with Gasteiger partial charge in [-0.15, -0.1) is 11.8 Å². The van der Waals surface area contributed by atoms with Crippen LogP contribution in [-0.2, 0) is 23.8 Å². The van der Waals surface area contributed by atoms with Crippen molar-refractivity contribution in [2.75, 3.05) is 37.2 Å². The Morgan fingerprint density at radius 1 is 0.938 bits per heavy atom. The van der Waals surface area contributed by atoms with Gasteiger partial charge in [0.1, 0.15) is 0 Å². The van der Waals surface area contributed by atoms with Gasteiger partial charge in [-0.3, -0.25) is 9.59 Å². The number of ether oxygens (including phenoxy) is 3. The molecule has 0 aromatic heterocycles. The summed E-state index contributed by atoms with van der Waals surface area (Å²) in [6.45, 7) is -0.618. The molecule has 2 N–H and O–H groups in total. The third kappa shape index (κ3) is 5.43. The zero-order valence-corrected chi connectivity index (χ0v) is 17.9. The Morgan fingerprint density at radius 3 is 2.22 bits per heavy atom. The highest BCUT2D eigenvalue weighted by Gasteiger charge is 2.19. The Hall–Kier alpha value is -3.86. The zero-order chi connectivity index (χ0) is 23.3. The van der Waals surface area contributed by atoms with Crippen LogP contribution in [-0.4, -0.2) is 56.3 Å². The summed E-state index contributed by atoms with van der Waals surface area (Å²) in [6, 6.07) is 8.57. The Labute approximate surface area is 186 Å². The molecule has 166 valence electrons. The molecule has 0 fully saturated rings. The van der Waals surface area contributed by atoms with Crippen LogP contribution in [0.2, 0.25) is 0 Å². The third-order valence-electron chi connectivity index (χ3n) is 4.24. The Morgan fingerprint density at radius 2 is 1.59 bits per heavy atom. The molecule has 2 amide bonds. The highest BCUT2D eigenvalue weighted by atomic mass is 32.2. The maximum Gasteiger partial charge on any atom is 0.338 e. The van der Waals surface area contributed by atoms with Gasteiger partial charge in [0.25, 0.3) is 5.91 Å². The van der Waals surface area contributed by atoms with Gasteiger partial charge in [-0.25, -0.2) is 14.4 Å². The molecular weight excluding hydrogens is 440 g/mol. The lowest BCUT2D eigenvalue weighted by atomic mass is 10.1. The molecule has 1 heterocycles. The van der Waals surface area contributed by atoms with Gasteiger partial charge < -0.3 is 24.8 Å². The van der Waals surface area contributed by atoms with Crippen molar-refractivity contribution in [3.63, 3.8) is 0 Å². The fraction of sp³-hybridized carbons (Fsp3) is 0.190. The lowest BCUT2D eigenvalue weighted by Crippen LogP contribution is -2.22. The standard InChI is InChI=1S/C21H18N2O8S/c1-29-19(26)12-5-13(20(27)30-2)7-14(6-12)22-17(24)9-31-21(28)11-3-4-16-15(8-11)23-18(25)10-32-16/h3-8H,9-10H2,1-2H3,(H,22,24)(H,23,25). The minimum absolute atomic E-state index is 0.0247. The Bertz CT molecular complexity index is 1080. The summed E-state index contributed by atoms with van der Waals surface area (Å²) >= 11 is 1.35. The van der Waals surface area contributed by atoms with Gasteiger partial charge in [0.05, 0.1) is 42.4 Å². The summed E-state index contributed by atoms with van der Waals surface area (Å²) in [5.41, 5.74) is 0.830. The molecule has 11 heteroatoms. The molecule has 0 spiro atoms. The van der Waals surface area contributed by atoms with E-state index >= 15 is 0 Å². The number of fused-ring (bicyclic) bond motifs is 1. The molecule has 1 aliphatic heterocycles. The van der Waals surface area contributed by atoms with Crippen LogP contribution < -0.4 is 10.6 Å². The van der Waals surface area contributed by atoms with Gasteiger partial charge >= 0.3 is 17.9 Å². The topological polar surface area (TPSA) is 137 Å². The van der Waals surface area contributed by atoms with E-state index in [0.29, 0.717) is 11.4 Å². The van der Waals surface area contributed by atoms with Gasteiger partial charge in [0.15, 0.2) is 6.61 Å². The van der Waals surface area contributed by atoms with Gasteiger partial charge in [0.2, 0.25) is 5.91 Å². The van der Waals surface area contributed by atoms with Gasteiger partial charge in [0, 0.05) is 10.6 Å². The number of esters is 3. The van der Waals surface area contributed by atoms with E-state index in [1.807, 2.05) is 0 Å². The number of thioether (sulfide) groups is 1. The second kappa shape index (κ2) is 9.96. The van der Waals surface area contributed by atoms with E-state index < -0.39 is 30.4 Å². The predicted molar refractivity (Wildman–Crippen MR) is 114 cm³/mol. The summed E-state index contributed by atoms with van der Waals surface area (Å²) in [6.07, 6.45) is 0. The van der Waals surface area contributed by atoms with E-state index in [2.05, 4.69) is 20.1 Å². The van der Waals surface area contributed by atoms with Crippen LogP contribution in [0.1, 0.15) is 31.1 Å². The van der Waals surface area contributed by atoms with E-state index in [-0.39, 0.29) is 28.3 Å². The first-order chi connectivity index (χ1) is 15.3. The Kier molecular flexibility index (Phi) is 7.11. The molecule has 0 aliphatic carbocycles. The first-order valence-electron chi connectivity index (χ1n) is 9.16. The van der Waals surface area contributed by atoms with Crippen molar-refractivity contribution in [2.24, 2.45) is 0 Å². The molecule has 0 radical (unpaired) electrons. The minimum atomic E-state index is -0.758. The van der Waals surface area contributed by atoms with Crippen LogP contribution >= 0.6 is 11.8 Å². The van der Waals surface area contributed by atoms with E-state index in [9.17, 15) is 24.0 Å². The number of hydrogen-bond donors (Lipinski definition) is 2. The van der Waals surface area contributed by atoms with Crippen molar-refractivity contribution in [3.05, 3.63) is 53.1 Å². The lowest BCUT2D eigenvalue weighted by Gasteiger charge is -2.16. The third-order valence-corrected chi connectivity index (χ3v) is 5.31. The number of methoxy groups -OCH3 is 2. The number of amides is 2. The van der Waals surface area contributed by atoms with Crippen molar-refractivity contribution >= 4 is 52.9 Å². The van der Waals surface area contributed by atoms with Crippen LogP contribution in [0, 0.1) is 0 Å². The van der Waals surface area contributed by atoms with Crippen LogP contribution in [0.5, 0.6) is 0 Å². The largest absolute Gasteiger partial charge is 0.465 e. The minimum Gasteiger partial charge on any atom is -0.465 e. The molecular formula is C21H18N2O8S. The maximum atomic E-state index is 12.3. The fourth-order valence-electron chi connectivity index (χ4n) is 2.79. The van der Waals surface area contributed by atoms with Crippen LogP contribution in [0.4, 0.5) is 11.4 Å². The van der Waals surface area contributed by atoms with Crippen molar-refractivity contribution in [1.82, 2.24) is 0 Å². The predicted octanol–water partition coefficient (Wildman–Crippen LogP) is 2.10. The fourth-order valence-corrected chi connectivity index (χ4v) is 3.58. The quantitative estimate of drug-likeness (QED) is 0.492. The highest BCUT2D eigenvalue weighted by Crippen LogP contribution is 2.32. The number of anilines is 2. The van der Waals surface area contributed by atoms with E-state index in [1.54, 1.807) is 6.07 Å². The molecule has 32 heavy (non-hydrogen) atoms. The molecule has 2 aromatic carbocycles. The second-order valence-corrected chi connectivity index (χ2v) is 7.47. The van der Waals surface area contributed by atoms with Crippen LogP contribution in [0.15, 0.2) is 41.3 Å². The van der Waals surface area contributed by atoms with Crippen LogP contribution in [0.3, 0.4) is 0 Å². The number of benzene rings is 2. The van der Waals surface area contributed by atoms with E-state index in [4.69, 9.17) is 4.74 Å². The molecule has 0 saturated carbocycles. The molecule has 0 bridgehead atoms. The average Bonchev–Trinajstić information content (AvgIpc) is 2.80. The molecule has 0 saturated heterocycles. The summed E-state index contributed by atoms with van der Waals surface area (Å²) in [5, 5.41) is 5.12. The summed E-state index contributed by atoms with van der Waals surface area (Å²) < 4.78 is 14.3. The smallest absolute Gasteiger partial charge is 0.338 e. The van der Waals surface area contributed by atoms with Crippen LogP contribution in [0.25, 0.3) is 0 Å². The molecule has 10 nitrogen and oxygen atoms in total. The monoisotopic (exact) mass is 458 g/mol. The second-order valence-electron chi connectivity index (χ2n) is 6.45. The molecule has 0 unspecified atom stereocenters. The summed E-state index contributed by atoms with van der Waals surface area (Å²) in [5.74, 6) is -2.76. The number of rotatable bonds is 6. The molecule has 2 aromatic rings. The molecule has 3 rings (SSSR count). The number of carbonyl (C=O) groups is 5. The maximum absolute atomic E-state index is 12.3. The summed E-state index contributed by atoms with van der Waals surface area (Å²) in [7, 11) is 2.35. The first-order valence-corrected chi connectivity index (χ1v) is 10.1. The Balaban J connectivity index is 1.66. The zero-order valence-electron chi connectivity index (χ0n) is 17.1. The van der Waals surface area contributed by atoms with Gasteiger partial charge in [-0.2, -0.15) is 0 Å². The highest BCUT2D eigenvalue weighted by molar-refractivity contribution is 8.00. The first kappa shape index (κ1) is 22.8. The number of nitrogens with one attached hydrogen (secondary N) is 2. The van der Waals surface area contributed by atoms with E-state index in [0.717, 1.165) is 4.90 Å². The average molecular weight is 458 g/mol. The number of carbonyl (C=O) groups excluding carboxylic acids is 5.